The third kappa shape index (κ3) is 3.86. The molecule has 1 fully saturated rings. The molecular formula is C14H19NO2. The second kappa shape index (κ2) is 6.40. The van der Waals surface area contributed by atoms with Crippen LogP contribution in [0.15, 0.2) is 30.3 Å². The van der Waals surface area contributed by atoms with E-state index in [4.69, 9.17) is 4.74 Å². The summed E-state index contributed by atoms with van der Waals surface area (Å²) in [6, 6.07) is 10.3. The molecule has 17 heavy (non-hydrogen) atoms. The normalized spacial score (nSPS) is 19.2. The first-order valence-electron chi connectivity index (χ1n) is 6.27. The standard InChI is InChI=1S/C14H19NO2/c16-14(13-8-9-15-11-13)17-10-4-7-12-5-2-1-3-6-12/h1-3,5-6,13,15H,4,7-11H2. The second-order valence-corrected chi connectivity index (χ2v) is 4.45. The van der Waals surface area contributed by atoms with Crippen LogP contribution in [0.1, 0.15) is 18.4 Å². The summed E-state index contributed by atoms with van der Waals surface area (Å²) in [7, 11) is 0. The molecule has 1 aliphatic rings. The summed E-state index contributed by atoms with van der Waals surface area (Å²) in [5, 5.41) is 3.17. The molecule has 0 bridgehead atoms. The van der Waals surface area contributed by atoms with Gasteiger partial charge in [0.25, 0.3) is 0 Å². The van der Waals surface area contributed by atoms with Gasteiger partial charge in [-0.1, -0.05) is 30.3 Å². The number of hydrogen-bond acceptors (Lipinski definition) is 3. The summed E-state index contributed by atoms with van der Waals surface area (Å²) in [5.41, 5.74) is 1.30. The lowest BCUT2D eigenvalue weighted by Gasteiger charge is -2.08. The number of carbonyl (C=O) groups is 1. The number of nitrogens with one attached hydrogen (secondary N) is 1. The Bertz CT molecular complexity index is 344. The van der Waals surface area contributed by atoms with Crippen molar-refractivity contribution in [3.63, 3.8) is 0 Å². The molecular weight excluding hydrogens is 214 g/mol. The topological polar surface area (TPSA) is 38.3 Å². The maximum absolute atomic E-state index is 11.6. The lowest BCUT2D eigenvalue weighted by atomic mass is 10.1. The highest BCUT2D eigenvalue weighted by Crippen LogP contribution is 2.10. The maximum atomic E-state index is 11.6. The lowest BCUT2D eigenvalue weighted by Crippen LogP contribution is -2.20. The van der Waals surface area contributed by atoms with Crippen molar-refractivity contribution in [2.75, 3.05) is 19.7 Å². The van der Waals surface area contributed by atoms with E-state index in [0.29, 0.717) is 6.61 Å². The summed E-state index contributed by atoms with van der Waals surface area (Å²) in [4.78, 5) is 11.6. The number of aryl methyl sites for hydroxylation is 1. The van der Waals surface area contributed by atoms with E-state index in [1.54, 1.807) is 0 Å². The van der Waals surface area contributed by atoms with Crippen molar-refractivity contribution in [2.24, 2.45) is 5.92 Å². The Morgan fingerprint density at radius 2 is 2.18 bits per heavy atom. The van der Waals surface area contributed by atoms with Crippen LogP contribution in [0.25, 0.3) is 0 Å². The van der Waals surface area contributed by atoms with Crippen molar-refractivity contribution >= 4 is 5.97 Å². The van der Waals surface area contributed by atoms with E-state index in [1.807, 2.05) is 18.2 Å². The Morgan fingerprint density at radius 3 is 2.88 bits per heavy atom. The van der Waals surface area contributed by atoms with Gasteiger partial charge in [-0.3, -0.25) is 4.79 Å². The zero-order chi connectivity index (χ0) is 11.9. The Labute approximate surface area is 102 Å². The Kier molecular flexibility index (Phi) is 4.56. The summed E-state index contributed by atoms with van der Waals surface area (Å²) < 4.78 is 5.27. The minimum atomic E-state index is -0.0388. The van der Waals surface area contributed by atoms with Gasteiger partial charge >= 0.3 is 5.97 Å². The maximum Gasteiger partial charge on any atom is 0.310 e. The van der Waals surface area contributed by atoms with Gasteiger partial charge in [-0.05, 0) is 31.4 Å². The Hall–Kier alpha value is -1.35. The Morgan fingerprint density at radius 1 is 1.35 bits per heavy atom. The molecule has 3 heteroatoms. The van der Waals surface area contributed by atoms with E-state index in [1.165, 1.54) is 5.56 Å². The lowest BCUT2D eigenvalue weighted by molar-refractivity contribution is -0.147. The van der Waals surface area contributed by atoms with Gasteiger partial charge in [-0.25, -0.2) is 0 Å². The van der Waals surface area contributed by atoms with E-state index < -0.39 is 0 Å². The van der Waals surface area contributed by atoms with Crippen LogP contribution in [0, 0.1) is 5.92 Å². The van der Waals surface area contributed by atoms with Crippen LogP contribution in [0.5, 0.6) is 0 Å². The molecule has 0 spiro atoms. The number of ether oxygens (including phenoxy) is 1. The predicted octanol–water partition coefficient (Wildman–Crippen LogP) is 1.77. The minimum Gasteiger partial charge on any atom is -0.465 e. The zero-order valence-corrected chi connectivity index (χ0v) is 10.0. The third-order valence-electron chi connectivity index (χ3n) is 3.09. The quantitative estimate of drug-likeness (QED) is 0.622. The van der Waals surface area contributed by atoms with Gasteiger partial charge in [0.2, 0.25) is 0 Å². The summed E-state index contributed by atoms with van der Waals surface area (Å²) in [5.74, 6) is 0.0368. The number of rotatable bonds is 5. The van der Waals surface area contributed by atoms with E-state index >= 15 is 0 Å². The highest BCUT2D eigenvalue weighted by Gasteiger charge is 2.23. The summed E-state index contributed by atoms with van der Waals surface area (Å²) in [6.45, 7) is 2.24. The largest absolute Gasteiger partial charge is 0.465 e. The fourth-order valence-corrected chi connectivity index (χ4v) is 2.07. The van der Waals surface area contributed by atoms with Crippen LogP contribution in [0.2, 0.25) is 0 Å². The molecule has 1 saturated heterocycles. The first kappa shape index (κ1) is 12.1. The van der Waals surface area contributed by atoms with Crippen molar-refractivity contribution in [3.05, 3.63) is 35.9 Å². The molecule has 2 rings (SSSR count). The van der Waals surface area contributed by atoms with Crippen molar-refractivity contribution in [1.29, 1.82) is 0 Å². The number of esters is 1. The average molecular weight is 233 g/mol. The van der Waals surface area contributed by atoms with Crippen LogP contribution in [0.3, 0.4) is 0 Å². The van der Waals surface area contributed by atoms with Gasteiger partial charge in [0.1, 0.15) is 0 Å². The monoisotopic (exact) mass is 233 g/mol. The van der Waals surface area contributed by atoms with Gasteiger partial charge in [-0.15, -0.1) is 0 Å². The predicted molar refractivity (Wildman–Crippen MR) is 66.7 cm³/mol. The van der Waals surface area contributed by atoms with Gasteiger partial charge in [0.05, 0.1) is 12.5 Å². The highest BCUT2D eigenvalue weighted by molar-refractivity contribution is 5.73. The molecule has 92 valence electrons. The molecule has 1 aliphatic heterocycles. The molecule has 1 aromatic carbocycles. The Balaban J connectivity index is 1.61. The number of carbonyl (C=O) groups excluding carboxylic acids is 1. The molecule has 0 aliphatic carbocycles. The number of benzene rings is 1. The molecule has 3 nitrogen and oxygen atoms in total. The SMILES string of the molecule is O=C(OCCCc1ccccc1)C1CCNC1. The molecule has 1 aromatic rings. The summed E-state index contributed by atoms with van der Waals surface area (Å²) in [6.07, 6.45) is 2.78. The summed E-state index contributed by atoms with van der Waals surface area (Å²) >= 11 is 0. The van der Waals surface area contributed by atoms with Crippen LogP contribution >= 0.6 is 0 Å². The molecule has 1 heterocycles. The van der Waals surface area contributed by atoms with Gasteiger partial charge in [-0.2, -0.15) is 0 Å². The van der Waals surface area contributed by atoms with Crippen LogP contribution in [-0.4, -0.2) is 25.7 Å². The number of hydrogen-bond donors (Lipinski definition) is 1. The fraction of sp³-hybridized carbons (Fsp3) is 0.500. The third-order valence-corrected chi connectivity index (χ3v) is 3.09. The van der Waals surface area contributed by atoms with Crippen molar-refractivity contribution < 1.29 is 9.53 Å². The van der Waals surface area contributed by atoms with Crippen molar-refractivity contribution in [1.82, 2.24) is 5.32 Å². The minimum absolute atomic E-state index is 0.0388. The average Bonchev–Trinajstić information content (AvgIpc) is 2.89. The van der Waals surface area contributed by atoms with Gasteiger partial charge < -0.3 is 10.1 Å². The van der Waals surface area contributed by atoms with Crippen LogP contribution < -0.4 is 5.32 Å². The first-order valence-corrected chi connectivity index (χ1v) is 6.27. The highest BCUT2D eigenvalue weighted by atomic mass is 16.5. The molecule has 0 radical (unpaired) electrons. The molecule has 0 aromatic heterocycles. The van der Waals surface area contributed by atoms with Crippen LogP contribution in [-0.2, 0) is 16.0 Å². The van der Waals surface area contributed by atoms with Gasteiger partial charge in [0.15, 0.2) is 0 Å². The van der Waals surface area contributed by atoms with Gasteiger partial charge in [0, 0.05) is 6.54 Å². The second-order valence-electron chi connectivity index (χ2n) is 4.45. The first-order chi connectivity index (χ1) is 8.36. The smallest absolute Gasteiger partial charge is 0.310 e. The fourth-order valence-electron chi connectivity index (χ4n) is 2.07. The molecule has 1 atom stereocenters. The molecule has 1 unspecified atom stereocenters. The van der Waals surface area contributed by atoms with Crippen LogP contribution in [0.4, 0.5) is 0 Å². The molecule has 0 amide bonds. The molecule has 1 N–H and O–H groups in total. The van der Waals surface area contributed by atoms with E-state index in [-0.39, 0.29) is 11.9 Å². The van der Waals surface area contributed by atoms with E-state index in [2.05, 4.69) is 17.4 Å². The van der Waals surface area contributed by atoms with E-state index in [0.717, 1.165) is 32.4 Å². The van der Waals surface area contributed by atoms with Crippen molar-refractivity contribution in [3.8, 4) is 0 Å². The van der Waals surface area contributed by atoms with E-state index in [9.17, 15) is 4.79 Å². The molecule has 0 saturated carbocycles. The van der Waals surface area contributed by atoms with Crippen molar-refractivity contribution in [2.45, 2.75) is 19.3 Å². The zero-order valence-electron chi connectivity index (χ0n) is 10.0.